The third-order valence-electron chi connectivity index (χ3n) is 5.40. The molecule has 1 aromatic heterocycles. The summed E-state index contributed by atoms with van der Waals surface area (Å²) in [5.74, 6) is 0.238. The lowest BCUT2D eigenvalue weighted by molar-refractivity contribution is 0.248. The number of aryl methyl sites for hydroxylation is 1. The maximum atomic E-state index is 13.9. The lowest BCUT2D eigenvalue weighted by Gasteiger charge is -2.30. The van der Waals surface area contributed by atoms with E-state index in [1.807, 2.05) is 31.2 Å². The Balaban J connectivity index is 1.41. The maximum Gasteiger partial charge on any atom is 0.236 e. The Morgan fingerprint density at radius 1 is 1.19 bits per heavy atom. The van der Waals surface area contributed by atoms with Gasteiger partial charge in [0.2, 0.25) is 21.7 Å². The standard InChI is InChI=1S/C23H24FN3O3S/c1-17-8-10-18(11-9-17)12-14-31(28,29)27-13-4-5-19(16-27)15-22-25-23(26-30-22)20-6-2-3-7-21(20)24/h2-3,6-12,14,19H,4-5,13,15-16H2,1H3/b14-12+. The summed E-state index contributed by atoms with van der Waals surface area (Å²) < 4.78 is 46.3. The fourth-order valence-corrected chi connectivity index (χ4v) is 4.99. The summed E-state index contributed by atoms with van der Waals surface area (Å²) in [7, 11) is -3.52. The van der Waals surface area contributed by atoms with Crippen molar-refractivity contribution in [1.82, 2.24) is 14.4 Å². The number of sulfonamides is 1. The fraction of sp³-hybridized carbons (Fsp3) is 0.304. The summed E-state index contributed by atoms with van der Waals surface area (Å²) in [5.41, 5.74) is 2.25. The van der Waals surface area contributed by atoms with Crippen LogP contribution < -0.4 is 0 Å². The number of benzene rings is 2. The van der Waals surface area contributed by atoms with Crippen LogP contribution in [0.5, 0.6) is 0 Å². The van der Waals surface area contributed by atoms with E-state index in [1.165, 1.54) is 15.8 Å². The molecule has 0 aliphatic carbocycles. The zero-order valence-corrected chi connectivity index (χ0v) is 18.1. The van der Waals surface area contributed by atoms with E-state index >= 15 is 0 Å². The molecule has 2 aromatic carbocycles. The molecule has 6 nitrogen and oxygen atoms in total. The van der Waals surface area contributed by atoms with E-state index in [9.17, 15) is 12.8 Å². The monoisotopic (exact) mass is 441 g/mol. The molecule has 1 unspecified atom stereocenters. The number of rotatable bonds is 6. The van der Waals surface area contributed by atoms with Gasteiger partial charge in [-0.3, -0.25) is 0 Å². The molecule has 1 saturated heterocycles. The lowest BCUT2D eigenvalue weighted by Crippen LogP contribution is -2.39. The zero-order valence-electron chi connectivity index (χ0n) is 17.2. The minimum atomic E-state index is -3.52. The molecule has 0 N–H and O–H groups in total. The Hall–Kier alpha value is -2.84. The number of nitrogens with zero attached hydrogens (tertiary/aromatic N) is 3. The number of piperidine rings is 1. The predicted octanol–water partition coefficient (Wildman–Crippen LogP) is 4.44. The van der Waals surface area contributed by atoms with Crippen LogP contribution in [0.2, 0.25) is 0 Å². The van der Waals surface area contributed by atoms with Crippen LogP contribution in [0.4, 0.5) is 4.39 Å². The maximum absolute atomic E-state index is 13.9. The van der Waals surface area contributed by atoms with Crippen molar-refractivity contribution in [2.45, 2.75) is 26.2 Å². The summed E-state index contributed by atoms with van der Waals surface area (Å²) in [6.07, 6.45) is 3.70. The highest BCUT2D eigenvalue weighted by Crippen LogP contribution is 2.25. The summed E-state index contributed by atoms with van der Waals surface area (Å²) in [4.78, 5) is 4.31. The summed E-state index contributed by atoms with van der Waals surface area (Å²) in [6.45, 7) is 2.86. The highest BCUT2D eigenvalue weighted by molar-refractivity contribution is 7.92. The van der Waals surface area contributed by atoms with Gasteiger partial charge >= 0.3 is 0 Å². The molecular weight excluding hydrogens is 417 g/mol. The third kappa shape index (κ3) is 5.26. The van der Waals surface area contributed by atoms with Gasteiger partial charge in [0.1, 0.15) is 5.82 Å². The normalized spacial score (nSPS) is 17.9. The van der Waals surface area contributed by atoms with Gasteiger partial charge in [-0.25, -0.2) is 12.8 Å². The summed E-state index contributed by atoms with van der Waals surface area (Å²) in [6, 6.07) is 13.9. The molecule has 4 rings (SSSR count). The van der Waals surface area contributed by atoms with Crippen LogP contribution in [0.15, 0.2) is 58.5 Å². The topological polar surface area (TPSA) is 76.3 Å². The quantitative estimate of drug-likeness (QED) is 0.565. The molecule has 1 aliphatic rings. The van der Waals surface area contributed by atoms with Crippen molar-refractivity contribution in [3.63, 3.8) is 0 Å². The van der Waals surface area contributed by atoms with Crippen molar-refractivity contribution in [1.29, 1.82) is 0 Å². The largest absolute Gasteiger partial charge is 0.339 e. The summed E-state index contributed by atoms with van der Waals surface area (Å²) >= 11 is 0. The second kappa shape index (κ2) is 9.11. The van der Waals surface area contributed by atoms with Gasteiger partial charge in [0.05, 0.1) is 5.56 Å². The van der Waals surface area contributed by atoms with E-state index in [1.54, 1.807) is 24.3 Å². The molecule has 2 heterocycles. The fourth-order valence-electron chi connectivity index (χ4n) is 3.69. The molecule has 0 amide bonds. The Morgan fingerprint density at radius 3 is 2.74 bits per heavy atom. The summed E-state index contributed by atoms with van der Waals surface area (Å²) in [5, 5.41) is 5.15. The Bertz CT molecular complexity index is 1170. The van der Waals surface area contributed by atoms with Crippen molar-refractivity contribution in [2.75, 3.05) is 13.1 Å². The van der Waals surface area contributed by atoms with E-state index < -0.39 is 15.8 Å². The van der Waals surface area contributed by atoms with Gasteiger partial charge in [-0.1, -0.05) is 47.1 Å². The van der Waals surface area contributed by atoms with E-state index in [4.69, 9.17) is 4.52 Å². The number of hydrogen-bond donors (Lipinski definition) is 0. The van der Waals surface area contributed by atoms with Gasteiger partial charge in [0, 0.05) is 24.9 Å². The molecule has 3 aromatic rings. The average Bonchev–Trinajstić information content (AvgIpc) is 3.22. The van der Waals surface area contributed by atoms with Gasteiger partial charge in [-0.05, 0) is 49.5 Å². The molecule has 0 radical (unpaired) electrons. The van der Waals surface area contributed by atoms with Crippen molar-refractivity contribution in [2.24, 2.45) is 5.92 Å². The van der Waals surface area contributed by atoms with E-state index in [0.29, 0.717) is 25.4 Å². The molecule has 0 saturated carbocycles. The van der Waals surface area contributed by atoms with E-state index in [2.05, 4.69) is 10.1 Å². The van der Waals surface area contributed by atoms with Crippen LogP contribution in [0.3, 0.4) is 0 Å². The van der Waals surface area contributed by atoms with Crippen molar-refractivity contribution in [3.05, 3.63) is 76.8 Å². The van der Waals surface area contributed by atoms with Crippen LogP contribution in [-0.2, 0) is 16.4 Å². The highest BCUT2D eigenvalue weighted by atomic mass is 32.2. The Labute approximate surface area is 181 Å². The lowest BCUT2D eigenvalue weighted by atomic mass is 9.96. The first-order valence-corrected chi connectivity index (χ1v) is 11.7. The number of aromatic nitrogens is 2. The molecule has 1 atom stereocenters. The Morgan fingerprint density at radius 2 is 1.97 bits per heavy atom. The van der Waals surface area contributed by atoms with Gasteiger partial charge < -0.3 is 4.52 Å². The van der Waals surface area contributed by atoms with E-state index in [0.717, 1.165) is 24.0 Å². The second-order valence-corrected chi connectivity index (χ2v) is 9.64. The minimum Gasteiger partial charge on any atom is -0.339 e. The number of halogens is 1. The smallest absolute Gasteiger partial charge is 0.236 e. The first-order chi connectivity index (χ1) is 14.9. The molecule has 1 fully saturated rings. The van der Waals surface area contributed by atoms with Crippen LogP contribution >= 0.6 is 0 Å². The van der Waals surface area contributed by atoms with Crippen LogP contribution in [0.1, 0.15) is 29.9 Å². The van der Waals surface area contributed by atoms with Gasteiger partial charge in [-0.15, -0.1) is 0 Å². The first kappa shape index (κ1) is 21.4. The molecule has 0 spiro atoms. The van der Waals surface area contributed by atoms with Crippen LogP contribution in [0, 0.1) is 18.7 Å². The molecule has 31 heavy (non-hydrogen) atoms. The van der Waals surface area contributed by atoms with Crippen molar-refractivity contribution < 1.29 is 17.3 Å². The van der Waals surface area contributed by atoms with Crippen molar-refractivity contribution >= 4 is 16.1 Å². The highest BCUT2D eigenvalue weighted by Gasteiger charge is 2.28. The van der Waals surface area contributed by atoms with Crippen molar-refractivity contribution in [3.8, 4) is 11.4 Å². The molecular formula is C23H24FN3O3S. The van der Waals surface area contributed by atoms with Gasteiger partial charge in [0.15, 0.2) is 0 Å². The predicted molar refractivity (Wildman–Crippen MR) is 117 cm³/mol. The second-order valence-electron chi connectivity index (χ2n) is 7.82. The van der Waals surface area contributed by atoms with Crippen LogP contribution in [0.25, 0.3) is 17.5 Å². The van der Waals surface area contributed by atoms with Gasteiger partial charge in [-0.2, -0.15) is 9.29 Å². The van der Waals surface area contributed by atoms with Gasteiger partial charge in [0.25, 0.3) is 0 Å². The average molecular weight is 442 g/mol. The molecule has 8 heteroatoms. The third-order valence-corrected chi connectivity index (χ3v) is 6.93. The minimum absolute atomic E-state index is 0.0604. The first-order valence-electron chi connectivity index (χ1n) is 10.2. The van der Waals surface area contributed by atoms with Crippen LogP contribution in [-0.4, -0.2) is 36.0 Å². The zero-order chi connectivity index (χ0) is 21.8. The molecule has 162 valence electrons. The molecule has 0 bridgehead atoms. The Kier molecular flexibility index (Phi) is 6.29. The molecule has 1 aliphatic heterocycles. The number of hydrogen-bond acceptors (Lipinski definition) is 5. The SMILES string of the molecule is Cc1ccc(/C=C/S(=O)(=O)N2CCCC(Cc3nc(-c4ccccc4F)no3)C2)cc1. The van der Waals surface area contributed by atoms with E-state index in [-0.39, 0.29) is 17.3 Å².